The van der Waals surface area contributed by atoms with Crippen LogP contribution >= 0.6 is 28.3 Å². The molecule has 0 aliphatic rings. The Morgan fingerprint density at radius 3 is 2.62 bits per heavy atom. The summed E-state index contributed by atoms with van der Waals surface area (Å²) in [6.45, 7) is 2.17. The third kappa shape index (κ3) is 3.77. The average molecular weight is 361 g/mol. The maximum atomic E-state index is 4.74. The van der Waals surface area contributed by atoms with Crippen LogP contribution < -0.4 is 0 Å². The summed E-state index contributed by atoms with van der Waals surface area (Å²) in [4.78, 5) is 9.14. The average Bonchev–Trinajstić information content (AvgIpc) is 2.99. The highest BCUT2D eigenvalue weighted by atomic mass is 79.9. The van der Waals surface area contributed by atoms with E-state index in [0.29, 0.717) is 0 Å². The van der Waals surface area contributed by atoms with E-state index < -0.39 is 0 Å². The summed E-state index contributed by atoms with van der Waals surface area (Å²) in [6, 6.07) is 14.5. The highest BCUT2D eigenvalue weighted by molar-refractivity contribution is 8.93. The van der Waals surface area contributed by atoms with E-state index in [1.807, 2.05) is 30.5 Å². The molecule has 21 heavy (non-hydrogen) atoms. The van der Waals surface area contributed by atoms with Gasteiger partial charge in [0, 0.05) is 28.4 Å². The minimum atomic E-state index is 0. The quantitative estimate of drug-likeness (QED) is 0.622. The van der Waals surface area contributed by atoms with Crippen LogP contribution in [0.1, 0.15) is 19.0 Å². The molecule has 4 heteroatoms. The van der Waals surface area contributed by atoms with E-state index in [4.69, 9.17) is 4.98 Å². The minimum Gasteiger partial charge on any atom is -0.261 e. The molecule has 0 radical (unpaired) electrons. The molecule has 0 saturated heterocycles. The van der Waals surface area contributed by atoms with E-state index in [-0.39, 0.29) is 17.0 Å². The molecule has 0 unspecified atom stereocenters. The van der Waals surface area contributed by atoms with Gasteiger partial charge < -0.3 is 0 Å². The number of hydrogen-bond donors (Lipinski definition) is 0. The fourth-order valence-corrected chi connectivity index (χ4v) is 2.98. The molecule has 0 bridgehead atoms. The number of halogens is 1. The molecule has 3 rings (SSSR count). The SMILES string of the molecule is Br.CCCc1cc(-c2nc(-c3ccccc3)cs2)ccn1. The van der Waals surface area contributed by atoms with Gasteiger partial charge in [-0.1, -0.05) is 43.7 Å². The van der Waals surface area contributed by atoms with Crippen molar-refractivity contribution >= 4 is 28.3 Å². The summed E-state index contributed by atoms with van der Waals surface area (Å²) >= 11 is 1.69. The molecule has 2 nitrogen and oxygen atoms in total. The highest BCUT2D eigenvalue weighted by Crippen LogP contribution is 2.28. The number of rotatable bonds is 4. The predicted octanol–water partition coefficient (Wildman–Crippen LogP) is 5.40. The van der Waals surface area contributed by atoms with E-state index in [1.165, 1.54) is 0 Å². The minimum absolute atomic E-state index is 0. The number of pyridine rings is 1. The lowest BCUT2D eigenvalue weighted by Crippen LogP contribution is -1.89. The molecule has 0 fully saturated rings. The first-order chi connectivity index (χ1) is 9.86. The standard InChI is InChI=1S/C17H16N2S.BrH/c1-2-6-15-11-14(9-10-18-15)17-19-16(12-20-17)13-7-4-3-5-8-13;/h3-5,7-12H,2,6H2,1H3;1H. The van der Waals surface area contributed by atoms with Crippen molar-refractivity contribution in [3.05, 3.63) is 59.7 Å². The zero-order chi connectivity index (χ0) is 13.8. The van der Waals surface area contributed by atoms with Gasteiger partial charge in [0.1, 0.15) is 5.01 Å². The number of thiazole rings is 1. The van der Waals surface area contributed by atoms with Crippen molar-refractivity contribution in [2.75, 3.05) is 0 Å². The van der Waals surface area contributed by atoms with E-state index in [2.05, 4.69) is 35.5 Å². The lowest BCUT2D eigenvalue weighted by molar-refractivity contribution is 0.883. The van der Waals surface area contributed by atoms with Crippen molar-refractivity contribution in [1.82, 2.24) is 9.97 Å². The van der Waals surface area contributed by atoms with Crippen molar-refractivity contribution in [1.29, 1.82) is 0 Å². The molecule has 0 aliphatic heterocycles. The second kappa shape index (κ2) is 7.48. The van der Waals surface area contributed by atoms with E-state index in [9.17, 15) is 0 Å². The second-order valence-corrected chi connectivity index (χ2v) is 5.55. The lowest BCUT2D eigenvalue weighted by Gasteiger charge is -2.00. The van der Waals surface area contributed by atoms with Gasteiger partial charge in [-0.25, -0.2) is 4.98 Å². The normalized spacial score (nSPS) is 10.1. The van der Waals surface area contributed by atoms with Gasteiger partial charge in [0.25, 0.3) is 0 Å². The summed E-state index contributed by atoms with van der Waals surface area (Å²) in [5.41, 5.74) is 4.51. The molecule has 2 heterocycles. The van der Waals surface area contributed by atoms with Gasteiger partial charge >= 0.3 is 0 Å². The third-order valence-corrected chi connectivity index (χ3v) is 4.03. The van der Waals surface area contributed by atoms with Crippen LogP contribution in [0.3, 0.4) is 0 Å². The summed E-state index contributed by atoms with van der Waals surface area (Å²) in [6.07, 6.45) is 4.01. The zero-order valence-corrected chi connectivity index (χ0v) is 14.4. The Kier molecular flexibility index (Phi) is 5.65. The van der Waals surface area contributed by atoms with E-state index in [1.54, 1.807) is 11.3 Å². The number of aromatic nitrogens is 2. The molecule has 0 N–H and O–H groups in total. The number of benzene rings is 1. The first kappa shape index (κ1) is 15.9. The molecule has 108 valence electrons. The van der Waals surface area contributed by atoms with Gasteiger partial charge in [0.15, 0.2) is 0 Å². The largest absolute Gasteiger partial charge is 0.261 e. The summed E-state index contributed by atoms with van der Waals surface area (Å²) < 4.78 is 0. The van der Waals surface area contributed by atoms with E-state index in [0.717, 1.165) is 40.4 Å². The Hall–Kier alpha value is -1.52. The van der Waals surface area contributed by atoms with Crippen LogP contribution in [-0.2, 0) is 6.42 Å². The topological polar surface area (TPSA) is 25.8 Å². The van der Waals surface area contributed by atoms with Gasteiger partial charge in [-0.2, -0.15) is 0 Å². The summed E-state index contributed by atoms with van der Waals surface area (Å²) in [5.74, 6) is 0. The molecule has 2 aromatic heterocycles. The maximum Gasteiger partial charge on any atom is 0.124 e. The number of aryl methyl sites for hydroxylation is 1. The molecule has 3 aromatic rings. The molecule has 0 atom stereocenters. The zero-order valence-electron chi connectivity index (χ0n) is 11.8. The van der Waals surface area contributed by atoms with Crippen molar-refractivity contribution in [3.8, 4) is 21.8 Å². The van der Waals surface area contributed by atoms with E-state index >= 15 is 0 Å². The molecule has 0 aliphatic carbocycles. The Bertz CT molecular complexity index is 695. The van der Waals surface area contributed by atoms with Crippen LogP contribution in [0, 0.1) is 0 Å². The predicted molar refractivity (Wildman–Crippen MR) is 95.1 cm³/mol. The molecule has 0 spiro atoms. The van der Waals surface area contributed by atoms with Gasteiger partial charge in [0.2, 0.25) is 0 Å². The second-order valence-electron chi connectivity index (χ2n) is 4.69. The van der Waals surface area contributed by atoms with Crippen LogP contribution in [0.25, 0.3) is 21.8 Å². The fraction of sp³-hybridized carbons (Fsp3) is 0.176. The van der Waals surface area contributed by atoms with Gasteiger partial charge in [-0.3, -0.25) is 4.98 Å². The van der Waals surface area contributed by atoms with Crippen LogP contribution in [0.5, 0.6) is 0 Å². The molecule has 1 aromatic carbocycles. The highest BCUT2D eigenvalue weighted by Gasteiger charge is 2.07. The first-order valence-corrected chi connectivity index (χ1v) is 7.71. The Morgan fingerprint density at radius 1 is 1.05 bits per heavy atom. The summed E-state index contributed by atoms with van der Waals surface area (Å²) in [7, 11) is 0. The maximum absolute atomic E-state index is 4.74. The smallest absolute Gasteiger partial charge is 0.124 e. The van der Waals surface area contributed by atoms with Gasteiger partial charge in [0.05, 0.1) is 5.69 Å². The first-order valence-electron chi connectivity index (χ1n) is 6.83. The van der Waals surface area contributed by atoms with Crippen LogP contribution in [0.4, 0.5) is 0 Å². The Morgan fingerprint density at radius 2 is 1.86 bits per heavy atom. The van der Waals surface area contributed by atoms with Crippen LogP contribution in [0.2, 0.25) is 0 Å². The third-order valence-electron chi connectivity index (χ3n) is 3.14. The molecule has 0 amide bonds. The lowest BCUT2D eigenvalue weighted by atomic mass is 10.1. The van der Waals surface area contributed by atoms with Crippen LogP contribution in [0.15, 0.2) is 54.0 Å². The fourth-order valence-electron chi connectivity index (χ4n) is 2.15. The van der Waals surface area contributed by atoms with Crippen molar-refractivity contribution < 1.29 is 0 Å². The van der Waals surface area contributed by atoms with Gasteiger partial charge in [-0.05, 0) is 18.6 Å². The Labute approximate surface area is 139 Å². The number of nitrogens with zero attached hydrogens (tertiary/aromatic N) is 2. The monoisotopic (exact) mass is 360 g/mol. The van der Waals surface area contributed by atoms with Crippen LogP contribution in [-0.4, -0.2) is 9.97 Å². The molecular weight excluding hydrogens is 344 g/mol. The number of hydrogen-bond acceptors (Lipinski definition) is 3. The van der Waals surface area contributed by atoms with Crippen molar-refractivity contribution in [2.24, 2.45) is 0 Å². The van der Waals surface area contributed by atoms with Crippen molar-refractivity contribution in [3.63, 3.8) is 0 Å². The summed E-state index contributed by atoms with van der Waals surface area (Å²) in [5, 5.41) is 3.17. The van der Waals surface area contributed by atoms with Gasteiger partial charge in [-0.15, -0.1) is 28.3 Å². The molecular formula is C17H17BrN2S. The molecule has 0 saturated carbocycles. The Balaban J connectivity index is 0.00000161. The van der Waals surface area contributed by atoms with Crippen molar-refractivity contribution in [2.45, 2.75) is 19.8 Å².